The standard InChI is InChI=1S/C25H25F4N5O2/c1-15(34-9-7-25(28,29)20(14-34)16-6-8-31-18(10-16)12-30)24(35)33-23-5-3-19(13-32-23)36-22-4-2-17(26)11-21(22)27/h2-6,8,10-11,13,15,20H,7,9,12,14,30H2,1H3,(H,32,33,35). The molecule has 11 heteroatoms. The average molecular weight is 504 g/mol. The van der Waals surface area contributed by atoms with Gasteiger partial charge in [-0.25, -0.2) is 22.5 Å². The molecule has 2 unspecified atom stereocenters. The normalized spacial score (nSPS) is 18.4. The summed E-state index contributed by atoms with van der Waals surface area (Å²) in [5.74, 6) is -5.82. The van der Waals surface area contributed by atoms with Crippen molar-refractivity contribution in [1.29, 1.82) is 0 Å². The van der Waals surface area contributed by atoms with E-state index in [1.807, 2.05) is 0 Å². The number of piperidine rings is 1. The molecular weight excluding hydrogens is 478 g/mol. The predicted octanol–water partition coefficient (Wildman–Crippen LogP) is 4.46. The van der Waals surface area contributed by atoms with Crippen LogP contribution in [0.3, 0.4) is 0 Å². The number of amides is 1. The van der Waals surface area contributed by atoms with Gasteiger partial charge in [0.15, 0.2) is 11.6 Å². The van der Waals surface area contributed by atoms with Crippen LogP contribution in [0.5, 0.6) is 11.5 Å². The monoisotopic (exact) mass is 503 g/mol. The molecule has 3 aromatic rings. The van der Waals surface area contributed by atoms with Crippen molar-refractivity contribution in [3.8, 4) is 11.5 Å². The van der Waals surface area contributed by atoms with Crippen LogP contribution in [0.25, 0.3) is 0 Å². The average Bonchev–Trinajstić information content (AvgIpc) is 2.86. The molecule has 1 aromatic carbocycles. The molecular formula is C25H25F4N5O2. The lowest BCUT2D eigenvalue weighted by atomic mass is 9.86. The number of nitrogens with zero attached hydrogens (tertiary/aromatic N) is 3. The highest BCUT2D eigenvalue weighted by Crippen LogP contribution is 2.41. The Morgan fingerprint density at radius 1 is 1.22 bits per heavy atom. The summed E-state index contributed by atoms with van der Waals surface area (Å²) in [6.45, 7) is 1.82. The number of ether oxygens (including phenoxy) is 1. The summed E-state index contributed by atoms with van der Waals surface area (Å²) in [7, 11) is 0. The Bertz CT molecular complexity index is 1230. The minimum atomic E-state index is -2.93. The second-order valence-corrected chi connectivity index (χ2v) is 8.56. The second kappa shape index (κ2) is 10.6. The van der Waals surface area contributed by atoms with E-state index in [0.29, 0.717) is 17.3 Å². The van der Waals surface area contributed by atoms with Crippen LogP contribution in [0.15, 0.2) is 54.9 Å². The van der Waals surface area contributed by atoms with Gasteiger partial charge in [-0.05, 0) is 48.9 Å². The smallest absolute Gasteiger partial charge is 0.257 e. The van der Waals surface area contributed by atoms with Crippen molar-refractivity contribution in [2.24, 2.45) is 5.73 Å². The quantitative estimate of drug-likeness (QED) is 0.463. The number of hydrogen-bond acceptors (Lipinski definition) is 6. The van der Waals surface area contributed by atoms with Crippen molar-refractivity contribution in [1.82, 2.24) is 14.9 Å². The van der Waals surface area contributed by atoms with Crippen LogP contribution < -0.4 is 15.8 Å². The van der Waals surface area contributed by atoms with Gasteiger partial charge >= 0.3 is 0 Å². The number of anilines is 1. The first-order valence-corrected chi connectivity index (χ1v) is 11.3. The molecule has 36 heavy (non-hydrogen) atoms. The summed E-state index contributed by atoms with van der Waals surface area (Å²) in [4.78, 5) is 22.7. The minimum Gasteiger partial charge on any atom is -0.453 e. The number of carbonyl (C=O) groups is 1. The Morgan fingerprint density at radius 2 is 2.03 bits per heavy atom. The Kier molecular flexibility index (Phi) is 7.51. The second-order valence-electron chi connectivity index (χ2n) is 8.56. The summed E-state index contributed by atoms with van der Waals surface area (Å²) >= 11 is 0. The Hall–Kier alpha value is -3.57. The number of rotatable bonds is 7. The van der Waals surface area contributed by atoms with Crippen molar-refractivity contribution in [2.75, 3.05) is 18.4 Å². The van der Waals surface area contributed by atoms with E-state index in [4.69, 9.17) is 10.5 Å². The van der Waals surface area contributed by atoms with Gasteiger partial charge in [0.2, 0.25) is 5.91 Å². The van der Waals surface area contributed by atoms with Crippen LogP contribution in [0.2, 0.25) is 0 Å². The third-order valence-electron chi connectivity index (χ3n) is 6.15. The van der Waals surface area contributed by atoms with Gasteiger partial charge < -0.3 is 15.8 Å². The van der Waals surface area contributed by atoms with E-state index < -0.39 is 35.4 Å². The molecule has 1 aliphatic heterocycles. The minimum absolute atomic E-state index is 0.0148. The number of pyridine rings is 2. The molecule has 1 fully saturated rings. The van der Waals surface area contributed by atoms with Gasteiger partial charge in [-0.2, -0.15) is 0 Å². The van der Waals surface area contributed by atoms with Gasteiger partial charge in [0.05, 0.1) is 23.9 Å². The van der Waals surface area contributed by atoms with Crippen LogP contribution in [0.4, 0.5) is 23.4 Å². The lowest BCUT2D eigenvalue weighted by molar-refractivity contribution is -0.125. The maximum absolute atomic E-state index is 14.8. The highest BCUT2D eigenvalue weighted by atomic mass is 19.3. The van der Waals surface area contributed by atoms with Gasteiger partial charge in [0, 0.05) is 38.3 Å². The summed E-state index contributed by atoms with van der Waals surface area (Å²) < 4.78 is 61.7. The van der Waals surface area contributed by atoms with Crippen molar-refractivity contribution in [3.05, 3.63) is 77.8 Å². The van der Waals surface area contributed by atoms with Crippen molar-refractivity contribution in [2.45, 2.75) is 37.8 Å². The molecule has 3 heterocycles. The van der Waals surface area contributed by atoms with E-state index in [2.05, 4.69) is 15.3 Å². The first-order valence-electron chi connectivity index (χ1n) is 11.3. The molecule has 1 saturated heterocycles. The molecule has 0 bridgehead atoms. The van der Waals surface area contributed by atoms with E-state index in [-0.39, 0.29) is 43.4 Å². The van der Waals surface area contributed by atoms with E-state index >= 15 is 0 Å². The molecule has 0 aliphatic carbocycles. The van der Waals surface area contributed by atoms with Gasteiger partial charge in [0.25, 0.3) is 5.92 Å². The maximum Gasteiger partial charge on any atom is 0.257 e. The SMILES string of the molecule is CC(C(=O)Nc1ccc(Oc2ccc(F)cc2F)cn1)N1CCC(F)(F)C(c2ccnc(CN)c2)C1. The Labute approximate surface area is 205 Å². The molecule has 190 valence electrons. The van der Waals surface area contributed by atoms with Crippen LogP contribution >= 0.6 is 0 Å². The number of alkyl halides is 2. The topological polar surface area (TPSA) is 93.4 Å². The lowest BCUT2D eigenvalue weighted by Crippen LogP contribution is -2.52. The largest absolute Gasteiger partial charge is 0.453 e. The molecule has 1 aliphatic rings. The number of nitrogens with one attached hydrogen (secondary N) is 1. The Morgan fingerprint density at radius 3 is 2.72 bits per heavy atom. The molecule has 0 radical (unpaired) electrons. The zero-order valence-corrected chi connectivity index (χ0v) is 19.4. The number of carbonyl (C=O) groups excluding carboxylic acids is 1. The van der Waals surface area contributed by atoms with Gasteiger partial charge in [-0.15, -0.1) is 0 Å². The van der Waals surface area contributed by atoms with Crippen molar-refractivity contribution < 1.29 is 27.1 Å². The first-order chi connectivity index (χ1) is 17.2. The maximum atomic E-state index is 14.8. The third kappa shape index (κ3) is 5.80. The highest BCUT2D eigenvalue weighted by molar-refractivity contribution is 5.93. The van der Waals surface area contributed by atoms with E-state index in [0.717, 1.165) is 12.1 Å². The summed E-state index contributed by atoms with van der Waals surface area (Å²) in [5.41, 5.74) is 6.56. The number of halogens is 4. The third-order valence-corrected chi connectivity index (χ3v) is 6.15. The fraction of sp³-hybridized carbons (Fsp3) is 0.320. The van der Waals surface area contributed by atoms with Crippen molar-refractivity contribution >= 4 is 11.7 Å². The number of likely N-dealkylation sites (tertiary alicyclic amines) is 1. The molecule has 3 N–H and O–H groups in total. The van der Waals surface area contributed by atoms with Crippen LogP contribution in [-0.2, 0) is 11.3 Å². The van der Waals surface area contributed by atoms with Crippen LogP contribution in [0.1, 0.15) is 30.5 Å². The van der Waals surface area contributed by atoms with E-state index in [1.165, 1.54) is 24.5 Å². The number of hydrogen-bond donors (Lipinski definition) is 2. The fourth-order valence-corrected chi connectivity index (χ4v) is 4.05. The van der Waals surface area contributed by atoms with Gasteiger partial charge in [-0.3, -0.25) is 14.7 Å². The van der Waals surface area contributed by atoms with Crippen LogP contribution in [-0.4, -0.2) is 45.8 Å². The summed E-state index contributed by atoms with van der Waals surface area (Å²) in [5, 5.41) is 2.66. The molecule has 0 spiro atoms. The lowest BCUT2D eigenvalue weighted by Gasteiger charge is -2.40. The van der Waals surface area contributed by atoms with Gasteiger partial charge in [0.1, 0.15) is 17.4 Å². The predicted molar refractivity (Wildman–Crippen MR) is 125 cm³/mol. The zero-order valence-electron chi connectivity index (χ0n) is 19.4. The molecule has 7 nitrogen and oxygen atoms in total. The molecule has 1 amide bonds. The zero-order chi connectivity index (χ0) is 25.9. The molecule has 0 saturated carbocycles. The summed E-state index contributed by atoms with van der Waals surface area (Å²) in [6, 6.07) is 8.27. The molecule has 2 atom stereocenters. The van der Waals surface area contributed by atoms with E-state index in [1.54, 1.807) is 24.0 Å². The van der Waals surface area contributed by atoms with Crippen molar-refractivity contribution in [3.63, 3.8) is 0 Å². The Balaban J connectivity index is 1.40. The van der Waals surface area contributed by atoms with E-state index in [9.17, 15) is 22.4 Å². The van der Waals surface area contributed by atoms with Crippen LogP contribution in [0, 0.1) is 11.6 Å². The molecule has 2 aromatic heterocycles. The number of benzene rings is 1. The highest BCUT2D eigenvalue weighted by Gasteiger charge is 2.46. The summed E-state index contributed by atoms with van der Waals surface area (Å²) in [6.07, 6.45) is 2.35. The first kappa shape index (κ1) is 25.5. The number of aromatic nitrogens is 2. The molecule has 4 rings (SSSR count). The number of nitrogens with two attached hydrogens (primary N) is 1. The fourth-order valence-electron chi connectivity index (χ4n) is 4.05. The van der Waals surface area contributed by atoms with Gasteiger partial charge in [-0.1, -0.05) is 0 Å².